The fraction of sp³-hybridized carbons (Fsp3) is 0.571. The van der Waals surface area contributed by atoms with Gasteiger partial charge in [0.15, 0.2) is 17.5 Å². The van der Waals surface area contributed by atoms with E-state index in [2.05, 4.69) is 12.2 Å². The Hall–Kier alpha value is -1.03. The molecule has 0 aromatic heterocycles. The molecule has 0 bridgehead atoms. The third-order valence-electron chi connectivity index (χ3n) is 3.72. The van der Waals surface area contributed by atoms with Crippen LogP contribution in [0.4, 0.5) is 13.2 Å². The van der Waals surface area contributed by atoms with Gasteiger partial charge in [-0.05, 0) is 37.5 Å². The van der Waals surface area contributed by atoms with Gasteiger partial charge in [-0.15, -0.1) is 0 Å². The summed E-state index contributed by atoms with van der Waals surface area (Å²) >= 11 is 0. The first-order valence-corrected chi connectivity index (χ1v) is 6.39. The second-order valence-electron chi connectivity index (χ2n) is 5.35. The Morgan fingerprint density at radius 1 is 1.06 bits per heavy atom. The molecule has 1 aliphatic carbocycles. The number of hydrogen-bond acceptors (Lipinski definition) is 1. The van der Waals surface area contributed by atoms with Crippen LogP contribution in [0.1, 0.15) is 44.6 Å². The average molecular weight is 257 g/mol. The van der Waals surface area contributed by atoms with E-state index >= 15 is 0 Å². The van der Waals surface area contributed by atoms with Gasteiger partial charge in [0.05, 0.1) is 0 Å². The van der Waals surface area contributed by atoms with Gasteiger partial charge in [-0.3, -0.25) is 0 Å². The predicted octanol–water partition coefficient (Wildman–Crippen LogP) is 3.92. The lowest BCUT2D eigenvalue weighted by atomic mass is 9.83. The molecule has 0 saturated heterocycles. The van der Waals surface area contributed by atoms with Gasteiger partial charge < -0.3 is 5.32 Å². The molecule has 1 nitrogen and oxygen atoms in total. The van der Waals surface area contributed by atoms with Gasteiger partial charge in [-0.25, -0.2) is 13.2 Å². The van der Waals surface area contributed by atoms with Crippen LogP contribution in [0.5, 0.6) is 0 Å². The molecule has 0 radical (unpaired) electrons. The van der Waals surface area contributed by atoms with Gasteiger partial charge in [0, 0.05) is 12.1 Å². The van der Waals surface area contributed by atoms with Crippen molar-refractivity contribution in [1.29, 1.82) is 0 Å². The molecule has 1 saturated carbocycles. The molecule has 4 heteroatoms. The fourth-order valence-electron chi connectivity index (χ4n) is 2.53. The summed E-state index contributed by atoms with van der Waals surface area (Å²) < 4.78 is 38.9. The SMILES string of the molecule is CC1(NCc2cc(F)c(F)c(F)c2)CCCCC1. The molecule has 0 amide bonds. The second kappa shape index (κ2) is 5.31. The minimum Gasteiger partial charge on any atom is -0.307 e. The number of nitrogens with one attached hydrogen (secondary N) is 1. The Balaban J connectivity index is 2.01. The van der Waals surface area contributed by atoms with Crippen LogP contribution in [0.2, 0.25) is 0 Å². The third-order valence-corrected chi connectivity index (χ3v) is 3.72. The van der Waals surface area contributed by atoms with E-state index in [9.17, 15) is 13.2 Å². The zero-order valence-electron chi connectivity index (χ0n) is 10.5. The number of benzene rings is 1. The van der Waals surface area contributed by atoms with Crippen LogP contribution in [0, 0.1) is 17.5 Å². The van der Waals surface area contributed by atoms with Crippen LogP contribution < -0.4 is 5.32 Å². The first-order valence-electron chi connectivity index (χ1n) is 6.39. The van der Waals surface area contributed by atoms with Gasteiger partial charge in [0.1, 0.15) is 0 Å². The molecule has 0 aliphatic heterocycles. The van der Waals surface area contributed by atoms with Crippen molar-refractivity contribution in [2.75, 3.05) is 0 Å². The molecule has 1 N–H and O–H groups in total. The number of halogens is 3. The maximum absolute atomic E-state index is 13.1. The van der Waals surface area contributed by atoms with Crippen molar-refractivity contribution in [2.24, 2.45) is 0 Å². The van der Waals surface area contributed by atoms with E-state index in [0.29, 0.717) is 12.1 Å². The molecule has 2 rings (SSSR count). The molecule has 0 unspecified atom stereocenters. The summed E-state index contributed by atoms with van der Waals surface area (Å²) in [6.07, 6.45) is 5.74. The molecule has 100 valence electrons. The Morgan fingerprint density at radius 3 is 2.17 bits per heavy atom. The molecule has 0 spiro atoms. The van der Waals surface area contributed by atoms with E-state index < -0.39 is 17.5 Å². The van der Waals surface area contributed by atoms with E-state index in [1.165, 1.54) is 19.3 Å². The van der Waals surface area contributed by atoms with Crippen molar-refractivity contribution in [3.8, 4) is 0 Å². The Kier molecular flexibility index (Phi) is 3.95. The smallest absolute Gasteiger partial charge is 0.194 e. The van der Waals surface area contributed by atoms with E-state index in [1.807, 2.05) is 0 Å². The summed E-state index contributed by atoms with van der Waals surface area (Å²) in [6, 6.07) is 2.11. The summed E-state index contributed by atoms with van der Waals surface area (Å²) in [6.45, 7) is 2.49. The highest BCUT2D eigenvalue weighted by atomic mass is 19.2. The number of rotatable bonds is 3. The lowest BCUT2D eigenvalue weighted by Gasteiger charge is -2.34. The van der Waals surface area contributed by atoms with Crippen molar-refractivity contribution in [1.82, 2.24) is 5.32 Å². The quantitative estimate of drug-likeness (QED) is 0.809. The molecule has 0 atom stereocenters. The average Bonchev–Trinajstić information content (AvgIpc) is 2.34. The van der Waals surface area contributed by atoms with E-state index in [-0.39, 0.29) is 5.54 Å². The van der Waals surface area contributed by atoms with Crippen molar-refractivity contribution in [2.45, 2.75) is 51.1 Å². The van der Waals surface area contributed by atoms with E-state index in [1.54, 1.807) is 0 Å². The van der Waals surface area contributed by atoms with Crippen LogP contribution in [0.25, 0.3) is 0 Å². The Bertz CT molecular complexity index is 402. The van der Waals surface area contributed by atoms with Gasteiger partial charge in [-0.1, -0.05) is 19.3 Å². The first kappa shape index (κ1) is 13.4. The monoisotopic (exact) mass is 257 g/mol. The van der Waals surface area contributed by atoms with Crippen LogP contribution in [0.3, 0.4) is 0 Å². The zero-order valence-corrected chi connectivity index (χ0v) is 10.5. The lowest BCUT2D eigenvalue weighted by molar-refractivity contribution is 0.252. The van der Waals surface area contributed by atoms with Crippen molar-refractivity contribution in [3.63, 3.8) is 0 Å². The normalized spacial score (nSPS) is 18.9. The van der Waals surface area contributed by atoms with Crippen LogP contribution >= 0.6 is 0 Å². The summed E-state index contributed by atoms with van der Waals surface area (Å²) in [7, 11) is 0. The molecule has 1 aromatic carbocycles. The second-order valence-corrected chi connectivity index (χ2v) is 5.35. The van der Waals surface area contributed by atoms with Gasteiger partial charge in [0.2, 0.25) is 0 Å². The summed E-state index contributed by atoms with van der Waals surface area (Å²) in [4.78, 5) is 0. The predicted molar refractivity (Wildman–Crippen MR) is 64.6 cm³/mol. The summed E-state index contributed by atoms with van der Waals surface area (Å²) in [5.41, 5.74) is 0.470. The first-order chi connectivity index (χ1) is 8.50. The Labute approximate surface area is 105 Å². The maximum atomic E-state index is 13.1. The minimum atomic E-state index is -1.40. The Morgan fingerprint density at radius 2 is 1.61 bits per heavy atom. The van der Waals surface area contributed by atoms with Crippen LogP contribution in [-0.4, -0.2) is 5.54 Å². The van der Waals surface area contributed by atoms with Gasteiger partial charge in [0.25, 0.3) is 0 Å². The van der Waals surface area contributed by atoms with E-state index in [0.717, 1.165) is 25.0 Å². The van der Waals surface area contributed by atoms with Gasteiger partial charge >= 0.3 is 0 Å². The molecule has 1 aliphatic rings. The summed E-state index contributed by atoms with van der Waals surface area (Å²) in [5.74, 6) is -3.65. The van der Waals surface area contributed by atoms with Gasteiger partial charge in [-0.2, -0.15) is 0 Å². The third kappa shape index (κ3) is 3.05. The topological polar surface area (TPSA) is 12.0 Å². The molecule has 1 fully saturated rings. The molecule has 0 heterocycles. The van der Waals surface area contributed by atoms with E-state index in [4.69, 9.17) is 0 Å². The van der Waals surface area contributed by atoms with Crippen molar-refractivity contribution < 1.29 is 13.2 Å². The highest BCUT2D eigenvalue weighted by molar-refractivity contribution is 5.19. The zero-order chi connectivity index (χ0) is 13.2. The standard InChI is InChI=1S/C14H18F3N/c1-14(5-3-2-4-6-14)18-9-10-7-11(15)13(17)12(16)8-10/h7-8,18H,2-6,9H2,1H3. The van der Waals surface area contributed by atoms with Crippen molar-refractivity contribution in [3.05, 3.63) is 35.1 Å². The lowest BCUT2D eigenvalue weighted by Crippen LogP contribution is -2.43. The summed E-state index contributed by atoms with van der Waals surface area (Å²) in [5, 5.41) is 3.33. The van der Waals surface area contributed by atoms with Crippen LogP contribution in [-0.2, 0) is 6.54 Å². The number of hydrogen-bond donors (Lipinski definition) is 1. The molecular formula is C14H18F3N. The fourth-order valence-corrected chi connectivity index (χ4v) is 2.53. The van der Waals surface area contributed by atoms with Crippen molar-refractivity contribution >= 4 is 0 Å². The molecular weight excluding hydrogens is 239 g/mol. The molecule has 1 aromatic rings. The highest BCUT2D eigenvalue weighted by Crippen LogP contribution is 2.28. The van der Waals surface area contributed by atoms with Crippen LogP contribution in [0.15, 0.2) is 12.1 Å². The minimum absolute atomic E-state index is 0.0274. The highest BCUT2D eigenvalue weighted by Gasteiger charge is 2.25. The maximum Gasteiger partial charge on any atom is 0.194 e. The molecule has 18 heavy (non-hydrogen) atoms. The largest absolute Gasteiger partial charge is 0.307 e.